The Labute approximate surface area is 112 Å². The first-order chi connectivity index (χ1) is 8.11. The molecule has 0 atom stereocenters. The zero-order valence-electron chi connectivity index (χ0n) is 12.0. The number of benzene rings is 1. The van der Waals surface area contributed by atoms with Gasteiger partial charge < -0.3 is 4.74 Å². The van der Waals surface area contributed by atoms with Crippen LogP contribution in [-0.2, 0) is 0 Å². The van der Waals surface area contributed by atoms with Gasteiger partial charge in [0.1, 0.15) is 10.6 Å². The molecule has 18 heavy (non-hydrogen) atoms. The second-order valence-corrected chi connectivity index (χ2v) is 8.49. The van der Waals surface area contributed by atoms with Crippen LogP contribution in [0.15, 0.2) is 23.1 Å². The fraction of sp³-hybridized carbons (Fsp3) is 0.571. The lowest BCUT2D eigenvalue weighted by atomic mass is 10.0. The Morgan fingerprint density at radius 1 is 1.17 bits per heavy atom. The Morgan fingerprint density at radius 2 is 1.72 bits per heavy atom. The molecule has 0 spiro atoms. The third-order valence-electron chi connectivity index (χ3n) is 3.01. The largest absolute Gasteiger partial charge is 0.495 e. The van der Waals surface area contributed by atoms with Crippen molar-refractivity contribution in [2.45, 2.75) is 50.2 Å². The van der Waals surface area contributed by atoms with Crippen LogP contribution in [0.4, 0.5) is 0 Å². The molecule has 0 radical (unpaired) electrons. The Hall–Kier alpha value is -0.710. The number of hydrogen-bond donors (Lipinski definition) is 2. The van der Waals surface area contributed by atoms with Crippen LogP contribution in [0.1, 0.15) is 46.1 Å². The highest BCUT2D eigenvalue weighted by atomic mass is 32.3. The van der Waals surface area contributed by atoms with Crippen LogP contribution in [0.25, 0.3) is 0 Å². The average Bonchev–Trinajstić information content (AvgIpc) is 2.26. The summed E-state index contributed by atoms with van der Waals surface area (Å²) in [5.74, 6) is 0.931. The maximum Gasteiger partial charge on any atom is 0.142 e. The predicted molar refractivity (Wildman–Crippen MR) is 78.0 cm³/mol. The highest BCUT2D eigenvalue weighted by Crippen LogP contribution is 2.61. The molecule has 4 heteroatoms. The first-order valence-electron chi connectivity index (χ1n) is 6.07. The molecule has 1 aromatic carbocycles. The first-order valence-corrected chi connectivity index (χ1v) is 7.61. The summed E-state index contributed by atoms with van der Waals surface area (Å²) in [7, 11) is -1.33. The highest BCUT2D eigenvalue weighted by Gasteiger charge is 2.33. The van der Waals surface area contributed by atoms with Gasteiger partial charge in [0.2, 0.25) is 0 Å². The third-order valence-corrected chi connectivity index (χ3v) is 5.67. The van der Waals surface area contributed by atoms with E-state index in [0.717, 1.165) is 5.56 Å². The van der Waals surface area contributed by atoms with Gasteiger partial charge >= 0.3 is 0 Å². The van der Waals surface area contributed by atoms with Crippen molar-refractivity contribution >= 4 is 10.6 Å². The summed E-state index contributed by atoms with van der Waals surface area (Å²) >= 11 is 0. The summed E-state index contributed by atoms with van der Waals surface area (Å²) in [6.45, 7) is 9.64. The maximum atomic E-state index is 10.4. The van der Waals surface area contributed by atoms with Gasteiger partial charge in [-0.25, -0.2) is 0 Å². The average molecular weight is 272 g/mol. The second kappa shape index (κ2) is 5.11. The predicted octanol–water partition coefficient (Wildman–Crippen LogP) is 4.73. The van der Waals surface area contributed by atoms with E-state index in [1.807, 2.05) is 32.9 Å². The van der Waals surface area contributed by atoms with Crippen LogP contribution in [0.5, 0.6) is 5.75 Å². The summed E-state index contributed by atoms with van der Waals surface area (Å²) in [4.78, 5) is 0.488. The first kappa shape index (κ1) is 15.3. The highest BCUT2D eigenvalue weighted by molar-refractivity contribution is 8.25. The van der Waals surface area contributed by atoms with E-state index in [4.69, 9.17) is 4.74 Å². The summed E-state index contributed by atoms with van der Waals surface area (Å²) in [5.41, 5.74) is 1.12. The van der Waals surface area contributed by atoms with E-state index >= 15 is 0 Å². The molecule has 0 saturated carbocycles. The SMILES string of the molecule is COc1cc(C(C)C)ccc1S(O)(O)C(C)(C)C. The minimum Gasteiger partial charge on any atom is -0.495 e. The Balaban J connectivity index is 3.34. The van der Waals surface area contributed by atoms with Crippen molar-refractivity contribution < 1.29 is 13.8 Å². The Bertz CT molecular complexity index is 420. The van der Waals surface area contributed by atoms with E-state index in [-0.39, 0.29) is 0 Å². The van der Waals surface area contributed by atoms with Crippen molar-refractivity contribution in [1.82, 2.24) is 0 Å². The fourth-order valence-corrected chi connectivity index (χ4v) is 2.95. The molecule has 0 fully saturated rings. The topological polar surface area (TPSA) is 49.7 Å². The van der Waals surface area contributed by atoms with Crippen molar-refractivity contribution in [1.29, 1.82) is 0 Å². The van der Waals surface area contributed by atoms with Gasteiger partial charge in [0, 0.05) is 0 Å². The molecule has 2 N–H and O–H groups in total. The summed E-state index contributed by atoms with van der Waals surface area (Å²) < 4.78 is 25.6. The molecule has 0 heterocycles. The van der Waals surface area contributed by atoms with E-state index in [1.54, 1.807) is 13.2 Å². The van der Waals surface area contributed by atoms with E-state index in [1.165, 1.54) is 0 Å². The van der Waals surface area contributed by atoms with Gasteiger partial charge in [0.05, 0.1) is 11.9 Å². The fourth-order valence-electron chi connectivity index (χ4n) is 1.61. The molecule has 1 rings (SSSR count). The number of methoxy groups -OCH3 is 1. The molecular weight excluding hydrogens is 248 g/mol. The molecule has 104 valence electrons. The quantitative estimate of drug-likeness (QED) is 0.836. The molecule has 0 aliphatic rings. The molecule has 0 aromatic heterocycles. The van der Waals surface area contributed by atoms with Crippen LogP contribution in [-0.4, -0.2) is 21.0 Å². The minimum atomic E-state index is -2.89. The number of hydrogen-bond acceptors (Lipinski definition) is 3. The van der Waals surface area contributed by atoms with Crippen LogP contribution < -0.4 is 4.74 Å². The van der Waals surface area contributed by atoms with Gasteiger partial charge in [-0.05, 0) is 44.4 Å². The molecule has 3 nitrogen and oxygen atoms in total. The van der Waals surface area contributed by atoms with Crippen molar-refractivity contribution in [2.24, 2.45) is 0 Å². The lowest BCUT2D eigenvalue weighted by molar-refractivity contribution is 0.391. The van der Waals surface area contributed by atoms with Gasteiger partial charge in [-0.3, -0.25) is 9.11 Å². The van der Waals surface area contributed by atoms with Crippen molar-refractivity contribution in [3.8, 4) is 5.75 Å². The molecule has 0 unspecified atom stereocenters. The van der Waals surface area contributed by atoms with E-state index in [2.05, 4.69) is 13.8 Å². The van der Waals surface area contributed by atoms with E-state index in [9.17, 15) is 9.11 Å². The molecule has 0 aliphatic heterocycles. The molecule has 0 amide bonds. The standard InChI is InChI=1S/C14H24O3S/c1-10(2)11-7-8-13(12(9-11)17-6)18(15,16)14(3,4)5/h7-10,15-16H,1-6H3. The van der Waals surface area contributed by atoms with Crippen molar-refractivity contribution in [3.63, 3.8) is 0 Å². The van der Waals surface area contributed by atoms with Gasteiger partial charge in [0.15, 0.2) is 0 Å². The smallest absolute Gasteiger partial charge is 0.142 e. The van der Waals surface area contributed by atoms with Gasteiger partial charge in [0.25, 0.3) is 0 Å². The number of ether oxygens (including phenoxy) is 1. The molecule has 1 aromatic rings. The van der Waals surface area contributed by atoms with E-state index < -0.39 is 15.3 Å². The van der Waals surface area contributed by atoms with Crippen molar-refractivity contribution in [3.05, 3.63) is 23.8 Å². The van der Waals surface area contributed by atoms with Crippen LogP contribution in [0.2, 0.25) is 0 Å². The lowest BCUT2D eigenvalue weighted by Gasteiger charge is -2.45. The van der Waals surface area contributed by atoms with Gasteiger partial charge in [-0.2, -0.15) is 10.6 Å². The van der Waals surface area contributed by atoms with Gasteiger partial charge in [-0.15, -0.1) is 0 Å². The van der Waals surface area contributed by atoms with E-state index in [0.29, 0.717) is 16.6 Å². The summed E-state index contributed by atoms with van der Waals surface area (Å²) in [6, 6.07) is 5.59. The van der Waals surface area contributed by atoms with Crippen LogP contribution in [0, 0.1) is 0 Å². The van der Waals surface area contributed by atoms with Gasteiger partial charge in [-0.1, -0.05) is 19.9 Å². The zero-order chi connectivity index (χ0) is 14.1. The van der Waals surface area contributed by atoms with Crippen LogP contribution in [0.3, 0.4) is 0 Å². The maximum absolute atomic E-state index is 10.4. The Morgan fingerprint density at radius 3 is 2.11 bits per heavy atom. The summed E-state index contributed by atoms with van der Waals surface area (Å²) in [6.07, 6.45) is 0. The van der Waals surface area contributed by atoms with Crippen molar-refractivity contribution in [2.75, 3.05) is 7.11 Å². The zero-order valence-corrected chi connectivity index (χ0v) is 12.8. The minimum absolute atomic E-state index is 0.379. The second-order valence-electron chi connectivity index (χ2n) is 5.73. The number of rotatable bonds is 3. The monoisotopic (exact) mass is 272 g/mol. The Kier molecular flexibility index (Phi) is 4.36. The molecular formula is C14H24O3S. The molecule has 0 aliphatic carbocycles. The normalized spacial score (nSPS) is 13.8. The molecule has 0 bridgehead atoms. The summed E-state index contributed by atoms with van der Waals surface area (Å²) in [5, 5.41) is 0. The lowest BCUT2D eigenvalue weighted by Crippen LogP contribution is -2.24. The molecule has 0 saturated heterocycles. The van der Waals surface area contributed by atoms with Crippen LogP contribution >= 0.6 is 10.6 Å². The third kappa shape index (κ3) is 2.82.